The van der Waals surface area contributed by atoms with Crippen molar-refractivity contribution >= 4 is 32.0 Å². The molecule has 0 spiro atoms. The molecule has 0 saturated carbocycles. The zero-order valence-corrected chi connectivity index (χ0v) is 21.7. The van der Waals surface area contributed by atoms with E-state index in [2.05, 4.69) is 5.16 Å². The van der Waals surface area contributed by atoms with E-state index in [-0.39, 0.29) is 17.0 Å². The second-order valence-electron chi connectivity index (χ2n) is 9.04. The first kappa shape index (κ1) is 24.1. The van der Waals surface area contributed by atoms with Crippen molar-refractivity contribution in [1.82, 2.24) is 13.7 Å². The van der Waals surface area contributed by atoms with Gasteiger partial charge in [0.2, 0.25) is 0 Å². The summed E-state index contributed by atoms with van der Waals surface area (Å²) in [5, 5.41) is 4.70. The van der Waals surface area contributed by atoms with Gasteiger partial charge in [0.1, 0.15) is 19.0 Å². The van der Waals surface area contributed by atoms with Crippen molar-refractivity contribution in [2.24, 2.45) is 0 Å². The Hall–Kier alpha value is -4.25. The molecule has 1 aliphatic rings. The molecule has 0 saturated heterocycles. The quantitative estimate of drug-likeness (QED) is 0.306. The van der Waals surface area contributed by atoms with Gasteiger partial charge in [-0.25, -0.2) is 13.2 Å². The van der Waals surface area contributed by atoms with Gasteiger partial charge in [-0.3, -0.25) is 4.57 Å². The van der Waals surface area contributed by atoms with E-state index in [1.165, 1.54) is 22.8 Å². The molecule has 0 aliphatic carbocycles. The van der Waals surface area contributed by atoms with Crippen LogP contribution in [0, 0.1) is 6.92 Å². The van der Waals surface area contributed by atoms with Crippen molar-refractivity contribution in [2.45, 2.75) is 31.7 Å². The lowest BCUT2D eigenvalue weighted by atomic mass is 10.2. The molecule has 3 heterocycles. The van der Waals surface area contributed by atoms with E-state index in [0.29, 0.717) is 59.2 Å². The normalized spacial score (nSPS) is 13.3. The number of aromatic nitrogens is 3. The van der Waals surface area contributed by atoms with Gasteiger partial charge in [-0.1, -0.05) is 24.2 Å². The molecule has 196 valence electrons. The van der Waals surface area contributed by atoms with Crippen LogP contribution in [0.15, 0.2) is 68.8 Å². The Morgan fingerprint density at radius 3 is 2.63 bits per heavy atom. The summed E-state index contributed by atoms with van der Waals surface area (Å²) >= 11 is 0. The maximum Gasteiger partial charge on any atom is 0.343 e. The minimum absolute atomic E-state index is 0.0910. The topological polar surface area (TPSA) is 115 Å². The summed E-state index contributed by atoms with van der Waals surface area (Å²) in [6.45, 7) is 5.20. The standard InChI is InChI=1S/C27H25N3O7S/c1-3-9-34-19-6-4-5-18(12-19)16-29-22-14-21-17(2)28-37-25(21)15-23(22)30(27(29)31)38(32,33)20-7-8-24-26(13-20)36-11-10-35-24/h4-8,12-15H,3,9-11,16H2,1-2H3. The van der Waals surface area contributed by atoms with Crippen LogP contribution in [0.5, 0.6) is 17.2 Å². The Bertz CT molecular complexity index is 1850. The molecular weight excluding hydrogens is 510 g/mol. The number of nitrogens with zero attached hydrogens (tertiary/aromatic N) is 3. The number of rotatable bonds is 7. The molecule has 0 bridgehead atoms. The Morgan fingerprint density at radius 2 is 1.82 bits per heavy atom. The highest BCUT2D eigenvalue weighted by atomic mass is 32.2. The van der Waals surface area contributed by atoms with Gasteiger partial charge in [0.15, 0.2) is 17.1 Å². The molecule has 11 heteroatoms. The highest BCUT2D eigenvalue weighted by molar-refractivity contribution is 7.90. The van der Waals surface area contributed by atoms with E-state index in [1.807, 2.05) is 31.2 Å². The first-order valence-electron chi connectivity index (χ1n) is 12.2. The number of fused-ring (bicyclic) bond motifs is 3. The number of imidazole rings is 1. The van der Waals surface area contributed by atoms with Crippen LogP contribution < -0.4 is 19.9 Å². The lowest BCUT2D eigenvalue weighted by Crippen LogP contribution is -2.30. The van der Waals surface area contributed by atoms with E-state index < -0.39 is 15.7 Å². The molecule has 5 aromatic rings. The molecule has 1 aliphatic heterocycles. The van der Waals surface area contributed by atoms with E-state index in [1.54, 1.807) is 19.1 Å². The molecule has 3 aromatic carbocycles. The molecule has 0 N–H and O–H groups in total. The first-order chi connectivity index (χ1) is 18.4. The lowest BCUT2D eigenvalue weighted by molar-refractivity contribution is 0.171. The largest absolute Gasteiger partial charge is 0.494 e. The zero-order chi connectivity index (χ0) is 26.4. The fraction of sp³-hybridized carbons (Fsp3) is 0.259. The number of benzene rings is 3. The predicted octanol–water partition coefficient (Wildman–Crippen LogP) is 4.10. The van der Waals surface area contributed by atoms with Gasteiger partial charge in [-0.05, 0) is 49.2 Å². The van der Waals surface area contributed by atoms with Gasteiger partial charge < -0.3 is 18.7 Å². The molecule has 38 heavy (non-hydrogen) atoms. The van der Waals surface area contributed by atoms with Crippen LogP contribution >= 0.6 is 0 Å². The highest BCUT2D eigenvalue weighted by Crippen LogP contribution is 2.34. The molecule has 10 nitrogen and oxygen atoms in total. The number of ether oxygens (including phenoxy) is 3. The number of aryl methyl sites for hydroxylation is 1. The molecule has 0 atom stereocenters. The van der Waals surface area contributed by atoms with Crippen LogP contribution in [0.3, 0.4) is 0 Å². The van der Waals surface area contributed by atoms with E-state index in [0.717, 1.165) is 16.0 Å². The smallest absolute Gasteiger partial charge is 0.343 e. The summed E-state index contributed by atoms with van der Waals surface area (Å²) in [5.74, 6) is 1.45. The molecular formula is C27H25N3O7S. The van der Waals surface area contributed by atoms with Crippen molar-refractivity contribution in [3.8, 4) is 17.2 Å². The third-order valence-corrected chi connectivity index (χ3v) is 8.11. The van der Waals surface area contributed by atoms with Crippen molar-refractivity contribution in [2.75, 3.05) is 19.8 Å². The predicted molar refractivity (Wildman–Crippen MR) is 140 cm³/mol. The molecule has 2 aromatic heterocycles. The van der Waals surface area contributed by atoms with Crippen LogP contribution in [0.25, 0.3) is 22.0 Å². The maximum absolute atomic E-state index is 13.9. The van der Waals surface area contributed by atoms with E-state index in [4.69, 9.17) is 18.7 Å². The van der Waals surface area contributed by atoms with Crippen molar-refractivity contribution in [3.05, 3.63) is 76.3 Å². The van der Waals surface area contributed by atoms with Gasteiger partial charge in [0.25, 0.3) is 10.0 Å². The zero-order valence-electron chi connectivity index (χ0n) is 20.8. The molecule has 0 unspecified atom stereocenters. The SMILES string of the molecule is CCCOc1cccc(Cn2c(=O)n(S(=O)(=O)c3ccc4c(c3)OCCO4)c3cc4onc(C)c4cc32)c1. The van der Waals surface area contributed by atoms with Crippen LogP contribution in [-0.4, -0.2) is 41.9 Å². The fourth-order valence-electron chi connectivity index (χ4n) is 4.59. The summed E-state index contributed by atoms with van der Waals surface area (Å²) in [6, 6.07) is 15.0. The first-order valence-corrected chi connectivity index (χ1v) is 13.7. The van der Waals surface area contributed by atoms with Gasteiger partial charge in [0, 0.05) is 17.5 Å². The van der Waals surface area contributed by atoms with Crippen LogP contribution in [0.2, 0.25) is 0 Å². The van der Waals surface area contributed by atoms with Crippen molar-refractivity contribution < 1.29 is 27.2 Å². The molecule has 6 rings (SSSR count). The monoisotopic (exact) mass is 535 g/mol. The highest BCUT2D eigenvalue weighted by Gasteiger charge is 2.28. The average Bonchev–Trinajstić information content (AvgIpc) is 3.42. The minimum Gasteiger partial charge on any atom is -0.494 e. The summed E-state index contributed by atoms with van der Waals surface area (Å²) in [7, 11) is -4.32. The molecule has 0 amide bonds. The van der Waals surface area contributed by atoms with E-state index in [9.17, 15) is 13.2 Å². The fourth-order valence-corrected chi connectivity index (χ4v) is 6.00. The third kappa shape index (κ3) is 3.99. The van der Waals surface area contributed by atoms with E-state index >= 15 is 0 Å². The van der Waals surface area contributed by atoms with Crippen molar-refractivity contribution in [3.63, 3.8) is 0 Å². The van der Waals surface area contributed by atoms with Crippen molar-refractivity contribution in [1.29, 1.82) is 0 Å². The van der Waals surface area contributed by atoms with Gasteiger partial charge in [-0.2, -0.15) is 3.97 Å². The van der Waals surface area contributed by atoms with Gasteiger partial charge in [-0.15, -0.1) is 0 Å². The summed E-state index contributed by atoms with van der Waals surface area (Å²) in [6.07, 6.45) is 0.864. The second-order valence-corrected chi connectivity index (χ2v) is 10.8. The lowest BCUT2D eigenvalue weighted by Gasteiger charge is -2.18. The molecule has 0 radical (unpaired) electrons. The number of hydrogen-bond donors (Lipinski definition) is 0. The Balaban J connectivity index is 1.54. The van der Waals surface area contributed by atoms with Gasteiger partial charge in [0.05, 0.1) is 34.8 Å². The second kappa shape index (κ2) is 9.25. The summed E-state index contributed by atoms with van der Waals surface area (Å²) < 4.78 is 52.3. The Kier molecular flexibility index (Phi) is 5.87. The Morgan fingerprint density at radius 1 is 1.00 bits per heavy atom. The minimum atomic E-state index is -4.32. The molecule has 0 fully saturated rings. The number of hydrogen-bond acceptors (Lipinski definition) is 8. The third-order valence-electron chi connectivity index (χ3n) is 6.43. The van der Waals surface area contributed by atoms with Crippen LogP contribution in [-0.2, 0) is 16.6 Å². The maximum atomic E-state index is 13.9. The van der Waals surface area contributed by atoms with Gasteiger partial charge >= 0.3 is 5.69 Å². The summed E-state index contributed by atoms with van der Waals surface area (Å²) in [5.41, 5.74) is 1.74. The van der Waals surface area contributed by atoms with Crippen LogP contribution in [0.1, 0.15) is 24.6 Å². The average molecular weight is 536 g/mol. The van der Waals surface area contributed by atoms with Crippen LogP contribution in [0.4, 0.5) is 0 Å². The summed E-state index contributed by atoms with van der Waals surface area (Å²) in [4.78, 5) is 13.8. The Labute approximate surface area is 218 Å².